The Bertz CT molecular complexity index is 599. The van der Waals surface area contributed by atoms with Gasteiger partial charge in [0.2, 0.25) is 0 Å². The number of aryl methyl sites for hydroxylation is 1. The van der Waals surface area contributed by atoms with E-state index in [0.717, 1.165) is 16.4 Å². The van der Waals surface area contributed by atoms with Gasteiger partial charge in [0.25, 0.3) is 0 Å². The molecule has 0 radical (unpaired) electrons. The van der Waals surface area contributed by atoms with Crippen molar-refractivity contribution in [3.05, 3.63) is 46.4 Å². The Balaban J connectivity index is 1.73. The Kier molecular flexibility index (Phi) is 5.77. The number of amides is 2. The van der Waals surface area contributed by atoms with E-state index in [1.807, 2.05) is 37.6 Å². The Morgan fingerprint density at radius 2 is 2.05 bits per heavy atom. The molecule has 22 heavy (non-hydrogen) atoms. The summed E-state index contributed by atoms with van der Waals surface area (Å²) in [5.41, 5.74) is 2.12. The molecule has 5 nitrogen and oxygen atoms in total. The van der Waals surface area contributed by atoms with E-state index in [4.69, 9.17) is 0 Å². The van der Waals surface area contributed by atoms with Crippen molar-refractivity contribution in [2.75, 3.05) is 18.5 Å². The maximum Gasteiger partial charge on any atom is 0.315 e. The number of carbonyl (C=O) groups is 1. The summed E-state index contributed by atoms with van der Waals surface area (Å²) in [7, 11) is 2.03. The predicted molar refractivity (Wildman–Crippen MR) is 91.4 cm³/mol. The number of para-hydroxylation sites is 1. The quantitative estimate of drug-likeness (QED) is 0.861. The first-order chi connectivity index (χ1) is 10.6. The zero-order valence-corrected chi connectivity index (χ0v) is 14.0. The van der Waals surface area contributed by atoms with Crippen molar-refractivity contribution in [3.8, 4) is 0 Å². The summed E-state index contributed by atoms with van der Waals surface area (Å²) in [5.74, 6) is 0. The van der Waals surface area contributed by atoms with E-state index in [1.54, 1.807) is 11.3 Å². The van der Waals surface area contributed by atoms with E-state index in [9.17, 15) is 4.79 Å². The van der Waals surface area contributed by atoms with E-state index in [2.05, 4.69) is 39.6 Å². The summed E-state index contributed by atoms with van der Waals surface area (Å²) >= 11 is 1.56. The van der Waals surface area contributed by atoms with Crippen molar-refractivity contribution >= 4 is 23.1 Å². The first-order valence-electron chi connectivity index (χ1n) is 7.27. The molecule has 0 aliphatic heterocycles. The summed E-state index contributed by atoms with van der Waals surface area (Å²) in [5, 5.41) is 8.62. The van der Waals surface area contributed by atoms with Crippen LogP contribution in [0.4, 0.5) is 10.5 Å². The Hall–Kier alpha value is -2.08. The number of hydrogen-bond donors (Lipinski definition) is 2. The van der Waals surface area contributed by atoms with Crippen molar-refractivity contribution < 1.29 is 4.79 Å². The number of benzene rings is 1. The molecular weight excluding hydrogens is 296 g/mol. The highest BCUT2D eigenvalue weighted by Gasteiger charge is 2.11. The molecule has 1 aromatic carbocycles. The topological polar surface area (TPSA) is 57.3 Å². The first kappa shape index (κ1) is 16.3. The smallest absolute Gasteiger partial charge is 0.315 e. The number of rotatable bonds is 6. The number of thiazole rings is 1. The lowest BCUT2D eigenvalue weighted by Crippen LogP contribution is -2.43. The van der Waals surface area contributed by atoms with Crippen molar-refractivity contribution in [1.29, 1.82) is 0 Å². The van der Waals surface area contributed by atoms with Gasteiger partial charge in [-0.25, -0.2) is 9.78 Å². The average Bonchev–Trinajstić information content (AvgIpc) is 2.96. The van der Waals surface area contributed by atoms with Crippen LogP contribution in [0.3, 0.4) is 0 Å². The number of nitrogens with one attached hydrogen (secondary N) is 2. The predicted octanol–water partition coefficient (Wildman–Crippen LogP) is 2.78. The maximum absolute atomic E-state index is 11.8. The van der Waals surface area contributed by atoms with Gasteiger partial charge in [0, 0.05) is 36.4 Å². The molecule has 118 valence electrons. The van der Waals surface area contributed by atoms with Gasteiger partial charge < -0.3 is 15.5 Å². The molecule has 0 saturated heterocycles. The number of likely N-dealkylation sites (N-methyl/N-ethyl adjacent to an activating group) is 1. The molecule has 2 N–H and O–H groups in total. The molecule has 0 spiro atoms. The zero-order chi connectivity index (χ0) is 15.9. The van der Waals surface area contributed by atoms with Gasteiger partial charge in [-0.15, -0.1) is 11.3 Å². The van der Waals surface area contributed by atoms with Gasteiger partial charge in [-0.1, -0.05) is 18.2 Å². The third-order valence-corrected chi connectivity index (χ3v) is 4.42. The second-order valence-corrected chi connectivity index (χ2v) is 6.18. The highest BCUT2D eigenvalue weighted by Crippen LogP contribution is 2.13. The molecular formula is C16H22N4OS. The number of urea groups is 1. The largest absolute Gasteiger partial charge is 0.370 e. The number of carbonyl (C=O) groups excluding carboxylic acids is 1. The lowest BCUT2D eigenvalue weighted by atomic mass is 10.2. The average molecular weight is 318 g/mol. The fourth-order valence-electron chi connectivity index (χ4n) is 2.00. The highest BCUT2D eigenvalue weighted by molar-refractivity contribution is 7.09. The number of hydrogen-bond acceptors (Lipinski definition) is 4. The molecule has 0 aliphatic carbocycles. The van der Waals surface area contributed by atoms with Crippen LogP contribution in [0.15, 0.2) is 35.7 Å². The Labute approximate surface area is 135 Å². The van der Waals surface area contributed by atoms with Gasteiger partial charge in [-0.3, -0.25) is 0 Å². The summed E-state index contributed by atoms with van der Waals surface area (Å²) in [6.45, 7) is 5.07. The van der Waals surface area contributed by atoms with Crippen LogP contribution in [-0.2, 0) is 6.54 Å². The van der Waals surface area contributed by atoms with E-state index in [-0.39, 0.29) is 12.1 Å². The van der Waals surface area contributed by atoms with Gasteiger partial charge in [0.1, 0.15) is 5.01 Å². The molecule has 2 amide bonds. The van der Waals surface area contributed by atoms with Crippen LogP contribution >= 0.6 is 11.3 Å². The Morgan fingerprint density at radius 1 is 1.32 bits per heavy atom. The van der Waals surface area contributed by atoms with E-state index in [1.165, 1.54) is 0 Å². The van der Waals surface area contributed by atoms with Crippen molar-refractivity contribution in [3.63, 3.8) is 0 Å². The van der Waals surface area contributed by atoms with Gasteiger partial charge >= 0.3 is 6.03 Å². The molecule has 6 heteroatoms. The number of anilines is 1. The summed E-state index contributed by atoms with van der Waals surface area (Å²) in [6, 6.07) is 10.2. The minimum atomic E-state index is -0.166. The molecule has 0 unspecified atom stereocenters. The minimum absolute atomic E-state index is 0.166. The van der Waals surface area contributed by atoms with E-state index < -0.39 is 0 Å². The molecule has 2 aromatic rings. The van der Waals surface area contributed by atoms with Crippen molar-refractivity contribution in [2.45, 2.75) is 26.4 Å². The number of aromatic nitrogens is 1. The van der Waals surface area contributed by atoms with Gasteiger partial charge in [-0.05, 0) is 26.0 Å². The third kappa shape index (κ3) is 4.73. The third-order valence-electron chi connectivity index (χ3n) is 3.45. The Morgan fingerprint density at radius 3 is 2.68 bits per heavy atom. The molecule has 1 aromatic heterocycles. The lowest BCUT2D eigenvalue weighted by molar-refractivity contribution is 0.240. The summed E-state index contributed by atoms with van der Waals surface area (Å²) in [4.78, 5) is 18.3. The molecule has 0 aliphatic rings. The second kappa shape index (κ2) is 7.79. The van der Waals surface area contributed by atoms with Gasteiger partial charge in [0.05, 0.1) is 6.54 Å². The monoisotopic (exact) mass is 318 g/mol. The van der Waals surface area contributed by atoms with Crippen LogP contribution < -0.4 is 15.5 Å². The van der Waals surface area contributed by atoms with Crippen LogP contribution in [0.25, 0.3) is 0 Å². The van der Waals surface area contributed by atoms with Crippen LogP contribution in [0.1, 0.15) is 17.6 Å². The normalized spacial score (nSPS) is 11.8. The molecule has 0 bridgehead atoms. The van der Waals surface area contributed by atoms with Crippen molar-refractivity contribution in [1.82, 2.24) is 15.6 Å². The van der Waals surface area contributed by atoms with E-state index >= 15 is 0 Å². The first-order valence-corrected chi connectivity index (χ1v) is 8.15. The van der Waals surface area contributed by atoms with Gasteiger partial charge in [-0.2, -0.15) is 0 Å². The molecule has 2 rings (SSSR count). The summed E-state index contributed by atoms with van der Waals surface area (Å²) in [6.07, 6.45) is 0. The van der Waals surface area contributed by atoms with Crippen LogP contribution in [0, 0.1) is 6.92 Å². The lowest BCUT2D eigenvalue weighted by Gasteiger charge is -2.27. The standard InChI is InChI=1S/C16H22N4OS/c1-12-11-22-15(19-12)10-18-16(21)17-9-13(2)20(3)14-7-5-4-6-8-14/h4-8,11,13H,9-10H2,1-3H3,(H2,17,18,21)/t13-/m1/s1. The van der Waals surface area contributed by atoms with Crippen LogP contribution in [0.5, 0.6) is 0 Å². The molecule has 0 fully saturated rings. The summed E-state index contributed by atoms with van der Waals surface area (Å²) < 4.78 is 0. The van der Waals surface area contributed by atoms with E-state index in [0.29, 0.717) is 13.1 Å². The highest BCUT2D eigenvalue weighted by atomic mass is 32.1. The van der Waals surface area contributed by atoms with Crippen LogP contribution in [-0.4, -0.2) is 30.6 Å². The van der Waals surface area contributed by atoms with Crippen molar-refractivity contribution in [2.24, 2.45) is 0 Å². The zero-order valence-electron chi connectivity index (χ0n) is 13.2. The van der Waals surface area contributed by atoms with Crippen LogP contribution in [0.2, 0.25) is 0 Å². The SMILES string of the molecule is Cc1csc(CNC(=O)NC[C@@H](C)N(C)c2ccccc2)n1. The van der Waals surface area contributed by atoms with Gasteiger partial charge in [0.15, 0.2) is 0 Å². The molecule has 1 atom stereocenters. The maximum atomic E-state index is 11.8. The number of nitrogens with zero attached hydrogens (tertiary/aromatic N) is 2. The minimum Gasteiger partial charge on any atom is -0.370 e. The fourth-order valence-corrected chi connectivity index (χ4v) is 2.71. The second-order valence-electron chi connectivity index (χ2n) is 5.24. The molecule has 0 saturated carbocycles. The fraction of sp³-hybridized carbons (Fsp3) is 0.375. The molecule has 1 heterocycles.